The predicted molar refractivity (Wildman–Crippen MR) is 94.8 cm³/mol. The maximum atomic E-state index is 12.4. The third kappa shape index (κ3) is 3.45. The van der Waals surface area contributed by atoms with Crippen LogP contribution in [-0.2, 0) is 0 Å². The zero-order valence-corrected chi connectivity index (χ0v) is 14.2. The molecule has 0 saturated carbocycles. The Hall–Kier alpha value is -2.30. The average molecular weight is 362 g/mol. The van der Waals surface area contributed by atoms with Gasteiger partial charge in [0.15, 0.2) is 0 Å². The van der Waals surface area contributed by atoms with E-state index in [1.807, 2.05) is 19.1 Å². The highest BCUT2D eigenvalue weighted by atomic mass is 35.5. The summed E-state index contributed by atoms with van der Waals surface area (Å²) in [5, 5.41) is 4.48. The number of amides is 1. The van der Waals surface area contributed by atoms with Crippen molar-refractivity contribution >= 4 is 40.1 Å². The Morgan fingerprint density at radius 1 is 1.04 bits per heavy atom. The molecular weight excluding hydrogens is 349 g/mol. The van der Waals surface area contributed by atoms with Gasteiger partial charge in [0, 0.05) is 15.4 Å². The fraction of sp³-hybridized carbons (Fsp3) is 0.111. The van der Waals surface area contributed by atoms with E-state index in [-0.39, 0.29) is 11.6 Å². The summed E-state index contributed by atoms with van der Waals surface area (Å²) in [5.74, 6) is -0.506. The number of halogens is 2. The van der Waals surface area contributed by atoms with Crippen LogP contribution in [0.5, 0.6) is 0 Å². The molecule has 24 heavy (non-hydrogen) atoms. The molecule has 2 aromatic carbocycles. The molecule has 0 bridgehead atoms. The first-order valence-electron chi connectivity index (χ1n) is 7.24. The van der Waals surface area contributed by atoms with Crippen LogP contribution in [0.1, 0.15) is 28.9 Å². The second-order valence-electron chi connectivity index (χ2n) is 5.38. The highest BCUT2D eigenvalue weighted by molar-refractivity contribution is 6.31. The van der Waals surface area contributed by atoms with E-state index in [1.54, 1.807) is 30.3 Å². The molecule has 1 N–H and O–H groups in total. The van der Waals surface area contributed by atoms with E-state index < -0.39 is 11.5 Å². The third-order valence-electron chi connectivity index (χ3n) is 3.66. The van der Waals surface area contributed by atoms with E-state index in [9.17, 15) is 9.59 Å². The molecule has 4 nitrogen and oxygen atoms in total. The molecule has 3 aromatic rings. The van der Waals surface area contributed by atoms with Crippen LogP contribution < -0.4 is 10.9 Å². The summed E-state index contributed by atoms with van der Waals surface area (Å²) in [4.78, 5) is 24.5. The Kier molecular flexibility index (Phi) is 4.60. The van der Waals surface area contributed by atoms with E-state index in [1.165, 1.54) is 6.07 Å². The van der Waals surface area contributed by atoms with Crippen molar-refractivity contribution in [3.05, 3.63) is 80.1 Å². The Balaban J connectivity index is 1.89. The second-order valence-corrected chi connectivity index (χ2v) is 6.25. The largest absolute Gasteiger partial charge is 0.422 e. The highest BCUT2D eigenvalue weighted by Crippen LogP contribution is 2.20. The van der Waals surface area contributed by atoms with Crippen LogP contribution in [0.15, 0.2) is 57.7 Å². The van der Waals surface area contributed by atoms with E-state index in [2.05, 4.69) is 5.32 Å². The summed E-state index contributed by atoms with van der Waals surface area (Å²) in [6.07, 6.45) is 0. The van der Waals surface area contributed by atoms with Gasteiger partial charge < -0.3 is 9.73 Å². The van der Waals surface area contributed by atoms with Crippen LogP contribution >= 0.6 is 23.2 Å². The van der Waals surface area contributed by atoms with Crippen molar-refractivity contribution in [2.45, 2.75) is 13.0 Å². The van der Waals surface area contributed by atoms with E-state index in [0.717, 1.165) is 5.56 Å². The SMILES string of the molecule is C[C@H](NC(=O)c1cc2cc(Cl)ccc2oc1=O)c1ccc(Cl)cc1. The standard InChI is InChI=1S/C18H13Cl2NO3/c1-10(11-2-4-13(19)5-3-11)21-17(22)15-9-12-8-14(20)6-7-16(12)24-18(15)23/h2-10H,1H3,(H,21,22)/t10-/m0/s1. The quantitative estimate of drug-likeness (QED) is 0.694. The molecule has 1 aromatic heterocycles. The highest BCUT2D eigenvalue weighted by Gasteiger charge is 2.17. The van der Waals surface area contributed by atoms with Gasteiger partial charge in [-0.3, -0.25) is 4.79 Å². The Morgan fingerprint density at radius 2 is 1.71 bits per heavy atom. The minimum atomic E-state index is -0.689. The first-order valence-corrected chi connectivity index (χ1v) is 7.99. The summed E-state index contributed by atoms with van der Waals surface area (Å²) < 4.78 is 5.18. The lowest BCUT2D eigenvalue weighted by molar-refractivity contribution is 0.0936. The zero-order valence-electron chi connectivity index (χ0n) is 12.7. The lowest BCUT2D eigenvalue weighted by Crippen LogP contribution is -2.30. The molecule has 122 valence electrons. The van der Waals surface area contributed by atoms with Crippen molar-refractivity contribution in [2.75, 3.05) is 0 Å². The zero-order chi connectivity index (χ0) is 17.3. The maximum Gasteiger partial charge on any atom is 0.349 e. The summed E-state index contributed by atoms with van der Waals surface area (Å²) in [6, 6.07) is 13.2. The molecule has 0 unspecified atom stereocenters. The summed E-state index contributed by atoms with van der Waals surface area (Å²) in [6.45, 7) is 1.82. The van der Waals surface area contributed by atoms with Crippen molar-refractivity contribution in [3.8, 4) is 0 Å². The van der Waals surface area contributed by atoms with Crippen molar-refractivity contribution < 1.29 is 9.21 Å². The molecule has 0 spiro atoms. The first kappa shape index (κ1) is 16.6. The van der Waals surface area contributed by atoms with Crippen LogP contribution in [0, 0.1) is 0 Å². The number of rotatable bonds is 3. The number of hydrogen-bond acceptors (Lipinski definition) is 3. The molecule has 0 aliphatic heterocycles. The minimum absolute atomic E-state index is 0.0643. The molecule has 0 aliphatic carbocycles. The molecule has 1 amide bonds. The monoisotopic (exact) mass is 361 g/mol. The lowest BCUT2D eigenvalue weighted by Gasteiger charge is -2.14. The van der Waals surface area contributed by atoms with Crippen LogP contribution in [-0.4, -0.2) is 5.91 Å². The molecule has 0 radical (unpaired) electrons. The van der Waals surface area contributed by atoms with Crippen LogP contribution in [0.3, 0.4) is 0 Å². The molecule has 0 aliphatic rings. The van der Waals surface area contributed by atoms with Crippen LogP contribution in [0.25, 0.3) is 11.0 Å². The molecule has 0 fully saturated rings. The molecule has 3 rings (SSSR count). The normalized spacial score (nSPS) is 12.1. The lowest BCUT2D eigenvalue weighted by atomic mass is 10.1. The third-order valence-corrected chi connectivity index (χ3v) is 4.14. The molecule has 1 heterocycles. The van der Waals surface area contributed by atoms with Gasteiger partial charge in [-0.15, -0.1) is 0 Å². The Bertz CT molecular complexity index is 964. The van der Waals surface area contributed by atoms with Gasteiger partial charge >= 0.3 is 5.63 Å². The number of carbonyl (C=O) groups is 1. The van der Waals surface area contributed by atoms with E-state index in [0.29, 0.717) is 21.0 Å². The first-order chi connectivity index (χ1) is 11.4. The molecular formula is C18H13Cl2NO3. The van der Waals surface area contributed by atoms with Crippen molar-refractivity contribution in [1.29, 1.82) is 0 Å². The summed E-state index contributed by atoms with van der Waals surface area (Å²) in [5.41, 5.74) is 0.504. The van der Waals surface area contributed by atoms with E-state index in [4.69, 9.17) is 27.6 Å². The Morgan fingerprint density at radius 3 is 2.42 bits per heavy atom. The van der Waals surface area contributed by atoms with Gasteiger partial charge in [-0.05, 0) is 48.9 Å². The fourth-order valence-electron chi connectivity index (χ4n) is 2.36. The van der Waals surface area contributed by atoms with Gasteiger partial charge in [0.1, 0.15) is 11.1 Å². The molecule has 6 heteroatoms. The summed E-state index contributed by atoms with van der Waals surface area (Å²) >= 11 is 11.8. The minimum Gasteiger partial charge on any atom is -0.422 e. The van der Waals surface area contributed by atoms with E-state index >= 15 is 0 Å². The van der Waals surface area contributed by atoms with Crippen LogP contribution in [0.4, 0.5) is 0 Å². The smallest absolute Gasteiger partial charge is 0.349 e. The average Bonchev–Trinajstić information content (AvgIpc) is 2.55. The number of hydrogen-bond donors (Lipinski definition) is 1. The summed E-state index contributed by atoms with van der Waals surface area (Å²) in [7, 11) is 0. The van der Waals surface area contributed by atoms with Gasteiger partial charge in [-0.2, -0.15) is 0 Å². The van der Waals surface area contributed by atoms with Gasteiger partial charge in [0.25, 0.3) is 5.91 Å². The van der Waals surface area contributed by atoms with Crippen molar-refractivity contribution in [2.24, 2.45) is 0 Å². The maximum absolute atomic E-state index is 12.4. The van der Waals surface area contributed by atoms with Gasteiger partial charge in [0.05, 0.1) is 6.04 Å². The predicted octanol–water partition coefficient (Wildman–Crippen LogP) is 4.59. The fourth-order valence-corrected chi connectivity index (χ4v) is 2.67. The van der Waals surface area contributed by atoms with Crippen molar-refractivity contribution in [1.82, 2.24) is 5.32 Å². The number of benzene rings is 2. The van der Waals surface area contributed by atoms with Crippen molar-refractivity contribution in [3.63, 3.8) is 0 Å². The van der Waals surface area contributed by atoms with Gasteiger partial charge in [-0.25, -0.2) is 4.79 Å². The number of fused-ring (bicyclic) bond motifs is 1. The molecule has 1 atom stereocenters. The van der Waals surface area contributed by atoms with Crippen LogP contribution in [0.2, 0.25) is 10.0 Å². The number of carbonyl (C=O) groups excluding carboxylic acids is 1. The Labute approximate surface area is 148 Å². The molecule has 0 saturated heterocycles. The van der Waals surface area contributed by atoms with Gasteiger partial charge in [-0.1, -0.05) is 35.3 Å². The second kappa shape index (κ2) is 6.67. The number of nitrogens with one attached hydrogen (secondary N) is 1. The van der Waals surface area contributed by atoms with Gasteiger partial charge in [0.2, 0.25) is 0 Å². The topological polar surface area (TPSA) is 59.3 Å².